The van der Waals surface area contributed by atoms with Crippen LogP contribution in [-0.2, 0) is 0 Å². The predicted molar refractivity (Wildman–Crippen MR) is 76.9 cm³/mol. The molecule has 0 saturated carbocycles. The summed E-state index contributed by atoms with van der Waals surface area (Å²) in [5.74, 6) is 0.622. The Morgan fingerprint density at radius 1 is 1.22 bits per heavy atom. The SMILES string of the molecule is CN=C(NC)NCCNC(=O)c1ccc(Br)cc1. The van der Waals surface area contributed by atoms with Gasteiger partial charge >= 0.3 is 0 Å². The van der Waals surface area contributed by atoms with E-state index in [1.54, 1.807) is 26.2 Å². The number of carbonyl (C=O) groups is 1. The fourth-order valence-corrected chi connectivity index (χ4v) is 1.60. The molecule has 98 valence electrons. The van der Waals surface area contributed by atoms with Crippen LogP contribution in [0.25, 0.3) is 0 Å². The smallest absolute Gasteiger partial charge is 0.251 e. The Labute approximate surface area is 115 Å². The number of nitrogens with zero attached hydrogens (tertiary/aromatic N) is 1. The van der Waals surface area contributed by atoms with Gasteiger partial charge in [-0.15, -0.1) is 0 Å². The number of guanidine groups is 1. The van der Waals surface area contributed by atoms with Crippen LogP contribution in [0, 0.1) is 0 Å². The molecule has 6 heteroatoms. The lowest BCUT2D eigenvalue weighted by Crippen LogP contribution is -2.39. The van der Waals surface area contributed by atoms with Gasteiger partial charge in [-0.3, -0.25) is 9.79 Å². The molecule has 0 aromatic heterocycles. The molecule has 0 unspecified atom stereocenters. The minimum Gasteiger partial charge on any atom is -0.359 e. The number of carbonyl (C=O) groups excluding carboxylic acids is 1. The molecule has 3 N–H and O–H groups in total. The van der Waals surface area contributed by atoms with Gasteiger partial charge in [0.2, 0.25) is 0 Å². The summed E-state index contributed by atoms with van der Waals surface area (Å²) in [6, 6.07) is 7.24. The molecule has 1 aromatic rings. The molecule has 18 heavy (non-hydrogen) atoms. The van der Waals surface area contributed by atoms with Crippen LogP contribution in [0.15, 0.2) is 33.7 Å². The zero-order valence-electron chi connectivity index (χ0n) is 10.5. The average molecular weight is 313 g/mol. The van der Waals surface area contributed by atoms with Gasteiger partial charge in [0.25, 0.3) is 5.91 Å². The minimum atomic E-state index is -0.0799. The zero-order valence-corrected chi connectivity index (χ0v) is 12.0. The molecule has 0 spiro atoms. The maximum Gasteiger partial charge on any atom is 0.251 e. The van der Waals surface area contributed by atoms with Gasteiger partial charge in [0.05, 0.1) is 0 Å². The van der Waals surface area contributed by atoms with Gasteiger partial charge < -0.3 is 16.0 Å². The van der Waals surface area contributed by atoms with Crippen LogP contribution >= 0.6 is 15.9 Å². The topological polar surface area (TPSA) is 65.5 Å². The van der Waals surface area contributed by atoms with Crippen molar-refractivity contribution in [3.8, 4) is 0 Å². The van der Waals surface area contributed by atoms with E-state index in [9.17, 15) is 4.79 Å². The molecule has 0 fully saturated rings. The summed E-state index contributed by atoms with van der Waals surface area (Å²) >= 11 is 3.33. The van der Waals surface area contributed by atoms with E-state index in [2.05, 4.69) is 36.9 Å². The number of amides is 1. The monoisotopic (exact) mass is 312 g/mol. The van der Waals surface area contributed by atoms with Crippen molar-refractivity contribution in [2.45, 2.75) is 0 Å². The Bertz CT molecular complexity index is 417. The summed E-state index contributed by atoms with van der Waals surface area (Å²) in [5.41, 5.74) is 0.649. The number of hydrogen-bond acceptors (Lipinski definition) is 2. The molecule has 1 aromatic carbocycles. The summed E-state index contributed by atoms with van der Waals surface area (Å²) in [6.07, 6.45) is 0. The van der Waals surface area contributed by atoms with Crippen LogP contribution < -0.4 is 16.0 Å². The lowest BCUT2D eigenvalue weighted by Gasteiger charge is -2.09. The standard InChI is InChI=1S/C12H17BrN4O/c1-14-12(15-2)17-8-7-16-11(18)9-3-5-10(13)6-4-9/h3-6H,7-8H2,1-2H3,(H,16,18)(H2,14,15,17). The molecule has 0 aliphatic heterocycles. The van der Waals surface area contributed by atoms with Crippen molar-refractivity contribution in [1.82, 2.24) is 16.0 Å². The van der Waals surface area contributed by atoms with Gasteiger partial charge in [-0.2, -0.15) is 0 Å². The van der Waals surface area contributed by atoms with Crippen LogP contribution in [0.2, 0.25) is 0 Å². The summed E-state index contributed by atoms with van der Waals surface area (Å²) in [5, 5.41) is 8.77. The Morgan fingerprint density at radius 3 is 2.39 bits per heavy atom. The van der Waals surface area contributed by atoms with Crippen molar-refractivity contribution >= 4 is 27.8 Å². The molecule has 0 aliphatic carbocycles. The van der Waals surface area contributed by atoms with E-state index < -0.39 is 0 Å². The van der Waals surface area contributed by atoms with E-state index in [4.69, 9.17) is 0 Å². The highest BCUT2D eigenvalue weighted by Gasteiger charge is 2.03. The van der Waals surface area contributed by atoms with E-state index in [0.29, 0.717) is 24.6 Å². The van der Waals surface area contributed by atoms with Crippen LogP contribution in [-0.4, -0.2) is 39.1 Å². The van der Waals surface area contributed by atoms with Crippen molar-refractivity contribution < 1.29 is 4.79 Å². The summed E-state index contributed by atoms with van der Waals surface area (Å²) in [7, 11) is 3.48. The number of aliphatic imine (C=N–C) groups is 1. The first-order chi connectivity index (χ1) is 8.67. The van der Waals surface area contributed by atoms with Crippen molar-refractivity contribution in [2.75, 3.05) is 27.2 Å². The maximum absolute atomic E-state index is 11.7. The molecule has 1 rings (SSSR count). The van der Waals surface area contributed by atoms with Crippen LogP contribution in [0.1, 0.15) is 10.4 Å². The Morgan fingerprint density at radius 2 is 1.83 bits per heavy atom. The summed E-state index contributed by atoms with van der Waals surface area (Å²) < 4.78 is 0.957. The van der Waals surface area contributed by atoms with Gasteiger partial charge in [0.1, 0.15) is 0 Å². The van der Waals surface area contributed by atoms with E-state index in [0.717, 1.165) is 4.47 Å². The second kappa shape index (κ2) is 7.71. The third-order valence-corrected chi connectivity index (χ3v) is 2.80. The third kappa shape index (κ3) is 4.75. The lowest BCUT2D eigenvalue weighted by atomic mass is 10.2. The molecule has 0 heterocycles. The fraction of sp³-hybridized carbons (Fsp3) is 0.333. The van der Waals surface area contributed by atoms with Gasteiger partial charge in [0.15, 0.2) is 5.96 Å². The molecular formula is C12H17BrN4O. The van der Waals surface area contributed by atoms with E-state index >= 15 is 0 Å². The quantitative estimate of drug-likeness (QED) is 0.441. The van der Waals surface area contributed by atoms with Crippen molar-refractivity contribution in [1.29, 1.82) is 0 Å². The van der Waals surface area contributed by atoms with Crippen molar-refractivity contribution in [3.05, 3.63) is 34.3 Å². The third-order valence-electron chi connectivity index (χ3n) is 2.27. The average Bonchev–Trinajstić information content (AvgIpc) is 2.39. The van der Waals surface area contributed by atoms with Gasteiger partial charge in [-0.05, 0) is 24.3 Å². The van der Waals surface area contributed by atoms with Gasteiger partial charge in [-0.25, -0.2) is 0 Å². The van der Waals surface area contributed by atoms with Crippen LogP contribution in [0.3, 0.4) is 0 Å². The molecule has 0 saturated heterocycles. The number of hydrogen-bond donors (Lipinski definition) is 3. The molecule has 1 amide bonds. The summed E-state index contributed by atoms with van der Waals surface area (Å²) in [6.45, 7) is 1.16. The van der Waals surface area contributed by atoms with Gasteiger partial charge in [0, 0.05) is 37.2 Å². The van der Waals surface area contributed by atoms with Crippen molar-refractivity contribution in [3.63, 3.8) is 0 Å². The first-order valence-corrected chi connectivity index (χ1v) is 6.39. The second-order valence-corrected chi connectivity index (χ2v) is 4.43. The molecule has 0 radical (unpaired) electrons. The number of nitrogens with one attached hydrogen (secondary N) is 3. The highest BCUT2D eigenvalue weighted by Crippen LogP contribution is 2.10. The maximum atomic E-state index is 11.7. The number of benzene rings is 1. The normalized spacial score (nSPS) is 10.9. The molecule has 0 atom stereocenters. The highest BCUT2D eigenvalue weighted by molar-refractivity contribution is 9.10. The Balaban J connectivity index is 2.31. The van der Waals surface area contributed by atoms with E-state index in [1.807, 2.05) is 12.1 Å². The van der Waals surface area contributed by atoms with Crippen LogP contribution in [0.4, 0.5) is 0 Å². The molecule has 0 bridgehead atoms. The molecular weight excluding hydrogens is 296 g/mol. The number of halogens is 1. The number of rotatable bonds is 4. The van der Waals surface area contributed by atoms with E-state index in [-0.39, 0.29) is 5.91 Å². The summed E-state index contributed by atoms with van der Waals surface area (Å²) in [4.78, 5) is 15.7. The van der Waals surface area contributed by atoms with Gasteiger partial charge in [-0.1, -0.05) is 15.9 Å². The molecule has 0 aliphatic rings. The Kier molecular flexibility index (Phi) is 6.21. The fourth-order valence-electron chi connectivity index (χ4n) is 1.34. The second-order valence-electron chi connectivity index (χ2n) is 3.51. The first-order valence-electron chi connectivity index (χ1n) is 5.59. The Hall–Kier alpha value is -1.56. The largest absolute Gasteiger partial charge is 0.359 e. The van der Waals surface area contributed by atoms with E-state index in [1.165, 1.54) is 0 Å². The minimum absolute atomic E-state index is 0.0799. The first kappa shape index (κ1) is 14.5. The van der Waals surface area contributed by atoms with Crippen molar-refractivity contribution in [2.24, 2.45) is 4.99 Å². The molecule has 5 nitrogen and oxygen atoms in total. The predicted octanol–water partition coefficient (Wildman–Crippen LogP) is 0.974. The zero-order chi connectivity index (χ0) is 13.4. The van der Waals surface area contributed by atoms with Crippen LogP contribution in [0.5, 0.6) is 0 Å². The highest BCUT2D eigenvalue weighted by atomic mass is 79.9. The lowest BCUT2D eigenvalue weighted by molar-refractivity contribution is 0.0954.